The Balaban J connectivity index is 1.24. The van der Waals surface area contributed by atoms with Gasteiger partial charge < -0.3 is 33.2 Å². The van der Waals surface area contributed by atoms with Crippen molar-refractivity contribution in [2.45, 2.75) is 50.4 Å². The highest BCUT2D eigenvalue weighted by Gasteiger charge is 2.30. The number of benzene rings is 2. The minimum absolute atomic E-state index is 0.172. The summed E-state index contributed by atoms with van der Waals surface area (Å²) in [6, 6.07) is 12.5. The van der Waals surface area contributed by atoms with Gasteiger partial charge in [0.1, 0.15) is 38.1 Å². The number of hydrogen-bond acceptors (Lipinski definition) is 7. The third-order valence-electron chi connectivity index (χ3n) is 6.98. The third-order valence-corrected chi connectivity index (χ3v) is 6.98. The summed E-state index contributed by atoms with van der Waals surface area (Å²) >= 11 is 0. The van der Waals surface area contributed by atoms with Crippen LogP contribution < -0.4 is 18.9 Å². The maximum Gasteiger partial charge on any atom is 0.161 e. The first-order valence-corrected chi connectivity index (χ1v) is 12.7. The van der Waals surface area contributed by atoms with E-state index in [0.29, 0.717) is 25.7 Å². The highest BCUT2D eigenvalue weighted by Crippen LogP contribution is 2.41. The van der Waals surface area contributed by atoms with Gasteiger partial charge in [-0.3, -0.25) is 0 Å². The predicted octanol–water partition coefficient (Wildman–Crippen LogP) is 4.13. The van der Waals surface area contributed by atoms with E-state index in [9.17, 15) is 0 Å². The SMILES string of the molecule is CC(C)(c1ccc(OCC2CO2)c(OCC2CC2)c1)c1ccc(OCC2CO2)c(OCC2CO2)c1. The molecular weight excluding hydrogens is 448 g/mol. The smallest absolute Gasteiger partial charge is 0.161 e. The number of hydrogen-bond donors (Lipinski definition) is 0. The zero-order chi connectivity index (χ0) is 23.8. The van der Waals surface area contributed by atoms with Crippen molar-refractivity contribution < 1.29 is 33.2 Å². The highest BCUT2D eigenvalue weighted by molar-refractivity contribution is 5.51. The normalized spacial score (nSPS) is 24.6. The van der Waals surface area contributed by atoms with Gasteiger partial charge in [-0.15, -0.1) is 0 Å². The van der Waals surface area contributed by atoms with Crippen LogP contribution in [-0.4, -0.2) is 64.6 Å². The Hall–Kier alpha value is -2.48. The molecule has 3 unspecified atom stereocenters. The zero-order valence-electron chi connectivity index (χ0n) is 20.5. The van der Waals surface area contributed by atoms with E-state index in [1.165, 1.54) is 12.8 Å². The Morgan fingerprint density at radius 1 is 0.629 bits per heavy atom. The molecular formula is C28H34O7. The Kier molecular flexibility index (Phi) is 6.25. The van der Waals surface area contributed by atoms with Crippen molar-refractivity contribution in [3.8, 4) is 23.0 Å². The zero-order valence-corrected chi connectivity index (χ0v) is 20.5. The lowest BCUT2D eigenvalue weighted by Gasteiger charge is -2.28. The topological polar surface area (TPSA) is 74.5 Å². The Morgan fingerprint density at radius 3 is 1.43 bits per heavy atom. The Morgan fingerprint density at radius 2 is 1.03 bits per heavy atom. The van der Waals surface area contributed by atoms with Crippen LogP contribution in [0.15, 0.2) is 36.4 Å². The molecule has 0 aromatic heterocycles. The van der Waals surface area contributed by atoms with Gasteiger partial charge in [0.05, 0.1) is 26.4 Å². The lowest BCUT2D eigenvalue weighted by atomic mass is 9.78. The molecule has 0 bridgehead atoms. The summed E-state index contributed by atoms with van der Waals surface area (Å²) in [7, 11) is 0. The van der Waals surface area contributed by atoms with Gasteiger partial charge in [-0.1, -0.05) is 26.0 Å². The van der Waals surface area contributed by atoms with E-state index in [2.05, 4.69) is 38.1 Å². The molecule has 1 saturated carbocycles. The summed E-state index contributed by atoms with van der Waals surface area (Å²) < 4.78 is 40.3. The van der Waals surface area contributed by atoms with Gasteiger partial charge in [-0.05, 0) is 54.2 Å². The van der Waals surface area contributed by atoms with Gasteiger partial charge in [0.15, 0.2) is 23.0 Å². The first kappa shape index (κ1) is 23.0. The van der Waals surface area contributed by atoms with Crippen molar-refractivity contribution in [3.63, 3.8) is 0 Å². The highest BCUT2D eigenvalue weighted by atomic mass is 16.6. The average Bonchev–Trinajstić information content (AvgIpc) is 3.71. The number of ether oxygens (including phenoxy) is 7. The van der Waals surface area contributed by atoms with Crippen molar-refractivity contribution in [3.05, 3.63) is 47.5 Å². The Labute approximate surface area is 206 Å². The van der Waals surface area contributed by atoms with Gasteiger partial charge in [0.2, 0.25) is 0 Å². The molecule has 7 nitrogen and oxygen atoms in total. The van der Waals surface area contributed by atoms with Crippen molar-refractivity contribution in [2.75, 3.05) is 46.2 Å². The van der Waals surface area contributed by atoms with Crippen molar-refractivity contribution in [1.29, 1.82) is 0 Å². The van der Waals surface area contributed by atoms with Crippen LogP contribution in [0.5, 0.6) is 23.0 Å². The van der Waals surface area contributed by atoms with Crippen LogP contribution in [0, 0.1) is 5.92 Å². The molecule has 35 heavy (non-hydrogen) atoms. The monoisotopic (exact) mass is 482 g/mol. The molecule has 3 saturated heterocycles. The number of rotatable bonds is 14. The molecule has 0 amide bonds. The van der Waals surface area contributed by atoms with E-state index < -0.39 is 0 Å². The van der Waals surface area contributed by atoms with Crippen molar-refractivity contribution in [2.24, 2.45) is 5.92 Å². The van der Waals surface area contributed by atoms with Gasteiger partial charge in [0, 0.05) is 5.41 Å². The van der Waals surface area contributed by atoms with Crippen LogP contribution in [0.4, 0.5) is 0 Å². The lowest BCUT2D eigenvalue weighted by Crippen LogP contribution is -2.20. The second kappa shape index (κ2) is 9.52. The molecule has 4 fully saturated rings. The van der Waals surface area contributed by atoms with Crippen LogP contribution >= 0.6 is 0 Å². The van der Waals surface area contributed by atoms with Crippen molar-refractivity contribution >= 4 is 0 Å². The molecule has 0 radical (unpaired) electrons. The molecule has 3 aliphatic heterocycles. The molecule has 4 aliphatic rings. The third kappa shape index (κ3) is 6.02. The van der Waals surface area contributed by atoms with E-state index in [1.807, 2.05) is 12.1 Å². The summed E-state index contributed by atoms with van der Waals surface area (Å²) in [5.41, 5.74) is 1.99. The van der Waals surface area contributed by atoms with Crippen LogP contribution in [0.2, 0.25) is 0 Å². The summed E-state index contributed by atoms with van der Waals surface area (Å²) in [6.45, 7) is 9.07. The molecule has 3 atom stereocenters. The molecule has 2 aromatic carbocycles. The van der Waals surface area contributed by atoms with E-state index in [0.717, 1.165) is 60.6 Å². The van der Waals surface area contributed by atoms with Gasteiger partial charge >= 0.3 is 0 Å². The quantitative estimate of drug-likeness (QED) is 0.375. The molecule has 0 spiro atoms. The molecule has 6 rings (SSSR count). The lowest BCUT2D eigenvalue weighted by molar-refractivity contribution is 0.228. The van der Waals surface area contributed by atoms with Crippen LogP contribution in [0.25, 0.3) is 0 Å². The fourth-order valence-corrected chi connectivity index (χ4v) is 3.96. The summed E-state index contributed by atoms with van der Waals surface area (Å²) in [4.78, 5) is 0. The van der Waals surface area contributed by atoms with E-state index in [4.69, 9.17) is 33.2 Å². The summed E-state index contributed by atoms with van der Waals surface area (Å²) in [5, 5.41) is 0. The van der Waals surface area contributed by atoms with Gasteiger partial charge in [0.25, 0.3) is 0 Å². The molecule has 1 aliphatic carbocycles. The minimum atomic E-state index is -0.290. The largest absolute Gasteiger partial charge is 0.489 e. The maximum absolute atomic E-state index is 6.22. The fraction of sp³-hybridized carbons (Fsp3) is 0.571. The molecule has 7 heteroatoms. The second-order valence-corrected chi connectivity index (χ2v) is 10.5. The van der Waals surface area contributed by atoms with Gasteiger partial charge in [-0.2, -0.15) is 0 Å². The maximum atomic E-state index is 6.22. The molecule has 188 valence electrons. The summed E-state index contributed by atoms with van der Waals surface area (Å²) in [5.74, 6) is 3.71. The minimum Gasteiger partial charge on any atom is -0.489 e. The predicted molar refractivity (Wildman–Crippen MR) is 129 cm³/mol. The fourth-order valence-electron chi connectivity index (χ4n) is 3.96. The van der Waals surface area contributed by atoms with Crippen LogP contribution in [0.1, 0.15) is 37.8 Å². The van der Waals surface area contributed by atoms with Crippen LogP contribution in [0.3, 0.4) is 0 Å². The Bertz CT molecular complexity index is 954. The average molecular weight is 483 g/mol. The number of epoxide rings is 3. The van der Waals surface area contributed by atoms with Crippen molar-refractivity contribution in [1.82, 2.24) is 0 Å². The molecule has 3 heterocycles. The van der Waals surface area contributed by atoms with Crippen LogP contribution in [-0.2, 0) is 19.6 Å². The first-order valence-electron chi connectivity index (χ1n) is 12.7. The summed E-state index contributed by atoms with van der Waals surface area (Å²) in [6.07, 6.45) is 3.05. The van der Waals surface area contributed by atoms with Gasteiger partial charge in [-0.25, -0.2) is 0 Å². The van der Waals surface area contributed by atoms with E-state index in [1.54, 1.807) is 0 Å². The molecule has 0 N–H and O–H groups in total. The van der Waals surface area contributed by atoms with E-state index >= 15 is 0 Å². The second-order valence-electron chi connectivity index (χ2n) is 10.5. The standard InChI is InChI=1S/C28H34O7/c1-28(2,19-5-7-24(33-15-21-12-29-21)26(9-19)32-11-18-3-4-18)20-6-8-25(34-16-22-13-30-22)27(10-20)35-17-23-14-31-23/h5-10,18,21-23H,3-4,11-17H2,1-2H3. The van der Waals surface area contributed by atoms with E-state index in [-0.39, 0.29) is 23.7 Å². The molecule has 2 aromatic rings. The first-order chi connectivity index (χ1) is 17.0.